The van der Waals surface area contributed by atoms with E-state index in [0.717, 1.165) is 15.4 Å². The Hall–Kier alpha value is -1.22. The van der Waals surface area contributed by atoms with E-state index < -0.39 is 0 Å². The van der Waals surface area contributed by atoms with Crippen molar-refractivity contribution in [2.75, 3.05) is 7.05 Å². The van der Waals surface area contributed by atoms with Crippen molar-refractivity contribution in [3.63, 3.8) is 0 Å². The summed E-state index contributed by atoms with van der Waals surface area (Å²) in [4.78, 5) is 9.48. The first-order valence-electron chi connectivity index (χ1n) is 6.27. The second kappa shape index (κ2) is 8.93. The Kier molecular flexibility index (Phi) is 7.58. The molecule has 0 aliphatic rings. The minimum Gasteiger partial charge on any atom is -0.352 e. The van der Waals surface area contributed by atoms with Crippen LogP contribution in [-0.2, 0) is 13.1 Å². The number of hydrogen-bond donors (Lipinski definition) is 2. The van der Waals surface area contributed by atoms with Crippen LogP contribution < -0.4 is 10.6 Å². The number of benzene rings is 1. The van der Waals surface area contributed by atoms with E-state index in [4.69, 9.17) is 0 Å². The molecular weight excluding hydrogens is 402 g/mol. The molecule has 2 rings (SSSR count). The quantitative estimate of drug-likeness (QED) is 0.454. The Balaban J connectivity index is 0.00000220. The van der Waals surface area contributed by atoms with Crippen LogP contribution in [0.15, 0.2) is 35.5 Å². The average molecular weight is 420 g/mol. The second-order valence-corrected chi connectivity index (χ2v) is 5.57. The Morgan fingerprint density at radius 3 is 2.71 bits per heavy atom. The number of thiazole rings is 1. The van der Waals surface area contributed by atoms with Crippen LogP contribution in [0.25, 0.3) is 0 Å². The van der Waals surface area contributed by atoms with Gasteiger partial charge in [0, 0.05) is 24.7 Å². The lowest BCUT2D eigenvalue weighted by atomic mass is 10.2. The predicted octanol–water partition coefficient (Wildman–Crippen LogP) is 3.07. The van der Waals surface area contributed by atoms with Crippen molar-refractivity contribution in [3.8, 4) is 0 Å². The number of rotatable bonds is 4. The minimum absolute atomic E-state index is 0. The lowest BCUT2D eigenvalue weighted by molar-refractivity contribution is 0.624. The molecule has 7 heteroatoms. The third-order valence-electron chi connectivity index (χ3n) is 2.67. The highest BCUT2D eigenvalue weighted by Gasteiger charge is 2.02. The van der Waals surface area contributed by atoms with Crippen molar-refractivity contribution in [2.24, 2.45) is 4.99 Å². The fourth-order valence-electron chi connectivity index (χ4n) is 1.71. The molecule has 0 saturated heterocycles. The van der Waals surface area contributed by atoms with Gasteiger partial charge in [-0.1, -0.05) is 12.1 Å². The van der Waals surface area contributed by atoms with Gasteiger partial charge in [0.2, 0.25) is 0 Å². The van der Waals surface area contributed by atoms with Crippen LogP contribution in [0.3, 0.4) is 0 Å². The van der Waals surface area contributed by atoms with Gasteiger partial charge in [-0.15, -0.1) is 35.3 Å². The molecule has 0 unspecified atom stereocenters. The van der Waals surface area contributed by atoms with Gasteiger partial charge in [-0.25, -0.2) is 9.37 Å². The zero-order chi connectivity index (χ0) is 14.4. The summed E-state index contributed by atoms with van der Waals surface area (Å²) in [5.41, 5.74) is 0.876. The lowest BCUT2D eigenvalue weighted by Crippen LogP contribution is -2.36. The Bertz CT molecular complexity index is 600. The maximum atomic E-state index is 13.1. The predicted molar refractivity (Wildman–Crippen MR) is 95.7 cm³/mol. The summed E-state index contributed by atoms with van der Waals surface area (Å²) < 4.78 is 13.1. The molecular formula is C14H18FIN4S. The van der Waals surface area contributed by atoms with Crippen molar-refractivity contribution in [1.29, 1.82) is 0 Å². The molecule has 1 aromatic heterocycles. The highest BCUT2D eigenvalue weighted by atomic mass is 127. The van der Waals surface area contributed by atoms with Gasteiger partial charge in [0.05, 0.1) is 11.6 Å². The molecule has 0 bridgehead atoms. The number of nitrogens with zero attached hydrogens (tertiary/aromatic N) is 2. The molecule has 0 amide bonds. The van der Waals surface area contributed by atoms with Gasteiger partial charge >= 0.3 is 0 Å². The third kappa shape index (κ3) is 5.96. The van der Waals surface area contributed by atoms with E-state index in [0.29, 0.717) is 19.0 Å². The first-order valence-corrected chi connectivity index (χ1v) is 7.09. The first-order chi connectivity index (χ1) is 9.67. The molecule has 114 valence electrons. The van der Waals surface area contributed by atoms with E-state index in [1.54, 1.807) is 24.5 Å². The summed E-state index contributed by atoms with van der Waals surface area (Å²) in [6.07, 6.45) is 1.85. The molecule has 0 fully saturated rings. The summed E-state index contributed by atoms with van der Waals surface area (Å²) in [7, 11) is 1.71. The van der Waals surface area contributed by atoms with E-state index >= 15 is 0 Å². The van der Waals surface area contributed by atoms with Gasteiger partial charge in [-0.3, -0.25) is 4.99 Å². The van der Waals surface area contributed by atoms with E-state index in [-0.39, 0.29) is 29.8 Å². The summed E-state index contributed by atoms with van der Waals surface area (Å²) in [6.45, 7) is 3.18. The zero-order valence-electron chi connectivity index (χ0n) is 11.9. The molecule has 2 N–H and O–H groups in total. The zero-order valence-corrected chi connectivity index (χ0v) is 15.0. The molecule has 2 aromatic rings. The van der Waals surface area contributed by atoms with E-state index in [1.807, 2.05) is 19.2 Å². The molecule has 4 nitrogen and oxygen atoms in total. The molecule has 0 atom stereocenters. The monoisotopic (exact) mass is 420 g/mol. The number of aryl methyl sites for hydroxylation is 1. The molecule has 0 radical (unpaired) electrons. The van der Waals surface area contributed by atoms with Gasteiger partial charge in [0.1, 0.15) is 5.82 Å². The van der Waals surface area contributed by atoms with Crippen molar-refractivity contribution in [1.82, 2.24) is 15.6 Å². The largest absolute Gasteiger partial charge is 0.352 e. The first kappa shape index (κ1) is 17.8. The van der Waals surface area contributed by atoms with Crippen molar-refractivity contribution >= 4 is 41.3 Å². The van der Waals surface area contributed by atoms with E-state index in [9.17, 15) is 4.39 Å². The number of halogens is 2. The number of guanidine groups is 1. The van der Waals surface area contributed by atoms with Crippen LogP contribution in [0.5, 0.6) is 0 Å². The van der Waals surface area contributed by atoms with Crippen molar-refractivity contribution < 1.29 is 4.39 Å². The second-order valence-electron chi connectivity index (χ2n) is 4.25. The summed E-state index contributed by atoms with van der Waals surface area (Å²) in [5, 5.41) is 7.39. The molecule has 0 aliphatic carbocycles. The highest BCUT2D eigenvalue weighted by molar-refractivity contribution is 14.0. The summed E-state index contributed by atoms with van der Waals surface area (Å²) in [5.74, 6) is 0.452. The Labute approximate surface area is 144 Å². The molecule has 0 saturated carbocycles. The molecule has 1 heterocycles. The van der Waals surface area contributed by atoms with E-state index in [2.05, 4.69) is 20.6 Å². The van der Waals surface area contributed by atoms with Crippen LogP contribution in [0.2, 0.25) is 0 Å². The summed E-state index contributed by atoms with van der Waals surface area (Å²) >= 11 is 1.65. The Morgan fingerprint density at radius 1 is 1.33 bits per heavy atom. The van der Waals surface area contributed by atoms with E-state index in [1.165, 1.54) is 12.1 Å². The lowest BCUT2D eigenvalue weighted by Gasteiger charge is -2.11. The number of aromatic nitrogens is 1. The van der Waals surface area contributed by atoms with Crippen LogP contribution in [0.4, 0.5) is 4.39 Å². The van der Waals surface area contributed by atoms with Crippen LogP contribution in [-0.4, -0.2) is 18.0 Å². The fourth-order valence-corrected chi connectivity index (χ4v) is 2.45. The van der Waals surface area contributed by atoms with Gasteiger partial charge in [-0.2, -0.15) is 0 Å². The van der Waals surface area contributed by atoms with Crippen LogP contribution in [0, 0.1) is 12.7 Å². The van der Waals surface area contributed by atoms with Gasteiger partial charge < -0.3 is 10.6 Å². The van der Waals surface area contributed by atoms with Gasteiger partial charge in [-0.05, 0) is 24.6 Å². The topological polar surface area (TPSA) is 49.3 Å². The highest BCUT2D eigenvalue weighted by Crippen LogP contribution is 2.10. The number of hydrogen-bond acceptors (Lipinski definition) is 3. The summed E-state index contributed by atoms with van der Waals surface area (Å²) in [6, 6.07) is 6.51. The molecule has 0 aliphatic heterocycles. The number of aliphatic imine (C=N–C) groups is 1. The smallest absolute Gasteiger partial charge is 0.191 e. The molecule has 1 aromatic carbocycles. The van der Waals surface area contributed by atoms with Crippen molar-refractivity contribution in [2.45, 2.75) is 20.0 Å². The van der Waals surface area contributed by atoms with Crippen molar-refractivity contribution in [3.05, 3.63) is 51.7 Å². The number of nitrogens with one attached hydrogen (secondary N) is 2. The fraction of sp³-hybridized carbons (Fsp3) is 0.286. The van der Waals surface area contributed by atoms with Crippen LogP contribution >= 0.6 is 35.3 Å². The van der Waals surface area contributed by atoms with Crippen LogP contribution in [0.1, 0.15) is 15.4 Å². The molecule has 0 spiro atoms. The molecule has 21 heavy (non-hydrogen) atoms. The normalized spacial score (nSPS) is 10.9. The van der Waals surface area contributed by atoms with Gasteiger partial charge in [0.15, 0.2) is 5.96 Å². The minimum atomic E-state index is -0.229. The maximum absolute atomic E-state index is 13.1. The average Bonchev–Trinajstić information content (AvgIpc) is 2.85. The standard InChI is InChI=1S/C14H17FN4S.HI/c1-10-17-8-13(20-10)9-19-14(16-2)18-7-11-4-3-5-12(15)6-11;/h3-6,8H,7,9H2,1-2H3,(H2,16,18,19);1H. The third-order valence-corrected chi connectivity index (χ3v) is 3.58. The SMILES string of the molecule is CN=C(NCc1cccc(F)c1)NCc1cnc(C)s1.I. The Morgan fingerprint density at radius 2 is 2.10 bits per heavy atom. The van der Waals surface area contributed by atoms with Gasteiger partial charge in [0.25, 0.3) is 0 Å². The maximum Gasteiger partial charge on any atom is 0.191 e.